The molecule has 0 saturated carbocycles. The van der Waals surface area contributed by atoms with Crippen molar-refractivity contribution < 1.29 is 9.59 Å². The van der Waals surface area contributed by atoms with Gasteiger partial charge in [-0.25, -0.2) is 0 Å². The third-order valence-electron chi connectivity index (χ3n) is 3.72. The number of hydrogen-bond acceptors (Lipinski definition) is 4. The van der Waals surface area contributed by atoms with Crippen LogP contribution in [0.1, 0.15) is 24.1 Å². The maximum Gasteiger partial charge on any atom is 0.249 e. The van der Waals surface area contributed by atoms with Gasteiger partial charge in [0.2, 0.25) is 11.8 Å². The minimum atomic E-state index is -0.212. The van der Waals surface area contributed by atoms with Crippen molar-refractivity contribution in [3.63, 3.8) is 0 Å². The second kappa shape index (κ2) is 8.49. The zero-order valence-electron chi connectivity index (χ0n) is 14.3. The molecule has 0 saturated heterocycles. The molecule has 1 atom stereocenters. The standard InChI is InChI=1S/C20H19N3O2S/c1-14(24)21-17-10-7-15(8-11-17)9-12-19(25)23-20-22-18(13-26-20)16-5-3-2-4-6-16/h2-12,18H,13H2,1H3,(H,21,24)(H,22,23,25)/b12-9+. The highest BCUT2D eigenvalue weighted by Gasteiger charge is 2.20. The fraction of sp³-hybridized carbons (Fsp3) is 0.150. The zero-order chi connectivity index (χ0) is 18.4. The molecule has 2 aromatic rings. The lowest BCUT2D eigenvalue weighted by atomic mass is 10.1. The van der Waals surface area contributed by atoms with Gasteiger partial charge in [-0.2, -0.15) is 0 Å². The van der Waals surface area contributed by atoms with Crippen LogP contribution in [0.25, 0.3) is 6.08 Å². The summed E-state index contributed by atoms with van der Waals surface area (Å²) in [7, 11) is 0. The summed E-state index contributed by atoms with van der Waals surface area (Å²) in [6.07, 6.45) is 3.20. The van der Waals surface area contributed by atoms with Crippen molar-refractivity contribution in [2.24, 2.45) is 4.99 Å². The molecule has 3 rings (SSSR count). The Hall–Kier alpha value is -2.86. The van der Waals surface area contributed by atoms with Crippen molar-refractivity contribution >= 4 is 40.5 Å². The zero-order valence-corrected chi connectivity index (χ0v) is 15.1. The van der Waals surface area contributed by atoms with Gasteiger partial charge < -0.3 is 10.6 Å². The molecular formula is C20H19N3O2S. The molecule has 6 heteroatoms. The predicted octanol–water partition coefficient (Wildman–Crippen LogP) is 3.62. The van der Waals surface area contributed by atoms with E-state index in [9.17, 15) is 9.59 Å². The van der Waals surface area contributed by atoms with Crippen LogP contribution in [0, 0.1) is 0 Å². The van der Waals surface area contributed by atoms with E-state index in [4.69, 9.17) is 0 Å². The summed E-state index contributed by atoms with van der Waals surface area (Å²) in [5.74, 6) is 0.501. The van der Waals surface area contributed by atoms with E-state index in [2.05, 4.69) is 15.6 Å². The molecule has 2 aromatic carbocycles. The average Bonchev–Trinajstić information content (AvgIpc) is 3.10. The quantitative estimate of drug-likeness (QED) is 0.813. The van der Waals surface area contributed by atoms with Crippen LogP contribution in [0.5, 0.6) is 0 Å². The maximum atomic E-state index is 12.1. The number of carbonyl (C=O) groups is 2. The molecule has 0 fully saturated rings. The van der Waals surface area contributed by atoms with Crippen LogP contribution >= 0.6 is 11.8 Å². The Morgan fingerprint density at radius 1 is 1.08 bits per heavy atom. The number of hydrogen-bond donors (Lipinski definition) is 2. The number of aliphatic imine (C=N–C) groups is 1. The normalized spacial score (nSPS) is 16.3. The number of anilines is 1. The number of benzene rings is 2. The van der Waals surface area contributed by atoms with Crippen LogP contribution in [0.15, 0.2) is 65.7 Å². The van der Waals surface area contributed by atoms with Crippen LogP contribution in [-0.2, 0) is 9.59 Å². The predicted molar refractivity (Wildman–Crippen MR) is 107 cm³/mol. The van der Waals surface area contributed by atoms with E-state index in [0.29, 0.717) is 5.17 Å². The number of rotatable bonds is 4. The Bertz CT molecular complexity index is 845. The summed E-state index contributed by atoms with van der Waals surface area (Å²) >= 11 is 1.55. The Morgan fingerprint density at radius 2 is 1.81 bits per heavy atom. The first-order chi connectivity index (χ1) is 12.6. The Balaban J connectivity index is 1.55. The molecule has 0 aromatic heterocycles. The van der Waals surface area contributed by atoms with Gasteiger partial charge in [-0.3, -0.25) is 14.6 Å². The Kier molecular flexibility index (Phi) is 5.86. The van der Waals surface area contributed by atoms with E-state index >= 15 is 0 Å². The monoisotopic (exact) mass is 365 g/mol. The molecule has 0 bridgehead atoms. The van der Waals surface area contributed by atoms with Gasteiger partial charge in [0, 0.05) is 24.4 Å². The van der Waals surface area contributed by atoms with Crippen molar-refractivity contribution in [3.8, 4) is 0 Å². The van der Waals surface area contributed by atoms with Crippen LogP contribution in [0.3, 0.4) is 0 Å². The van der Waals surface area contributed by atoms with Crippen molar-refractivity contribution in [3.05, 3.63) is 71.8 Å². The largest absolute Gasteiger partial charge is 0.326 e. The lowest BCUT2D eigenvalue weighted by Crippen LogP contribution is -2.25. The van der Waals surface area contributed by atoms with Gasteiger partial charge in [0.25, 0.3) is 0 Å². The van der Waals surface area contributed by atoms with Crippen molar-refractivity contribution in [1.29, 1.82) is 0 Å². The second-order valence-electron chi connectivity index (χ2n) is 5.80. The first-order valence-electron chi connectivity index (χ1n) is 8.22. The van der Waals surface area contributed by atoms with E-state index in [0.717, 1.165) is 22.6 Å². The molecule has 2 amide bonds. The van der Waals surface area contributed by atoms with Gasteiger partial charge in [-0.1, -0.05) is 54.2 Å². The molecule has 0 radical (unpaired) electrons. The highest BCUT2D eigenvalue weighted by molar-refractivity contribution is 8.14. The minimum Gasteiger partial charge on any atom is -0.326 e. The Labute approximate surface area is 156 Å². The van der Waals surface area contributed by atoms with Crippen LogP contribution in [0.4, 0.5) is 5.69 Å². The first kappa shape index (κ1) is 17.9. The number of nitrogens with one attached hydrogen (secondary N) is 2. The van der Waals surface area contributed by atoms with Crippen LogP contribution in [-0.4, -0.2) is 22.7 Å². The van der Waals surface area contributed by atoms with E-state index in [1.165, 1.54) is 13.0 Å². The number of amides is 2. The summed E-state index contributed by atoms with van der Waals surface area (Å²) in [6, 6.07) is 17.4. The van der Waals surface area contributed by atoms with E-state index in [1.54, 1.807) is 30.0 Å². The summed E-state index contributed by atoms with van der Waals surface area (Å²) in [4.78, 5) is 27.6. The smallest absolute Gasteiger partial charge is 0.249 e. The fourth-order valence-corrected chi connectivity index (χ4v) is 3.45. The molecule has 2 N–H and O–H groups in total. The number of thioether (sulfide) groups is 1. The molecular weight excluding hydrogens is 346 g/mol. The third-order valence-corrected chi connectivity index (χ3v) is 4.69. The van der Waals surface area contributed by atoms with Crippen molar-refractivity contribution in [2.75, 3.05) is 11.1 Å². The van der Waals surface area contributed by atoms with E-state index in [1.807, 2.05) is 42.5 Å². The van der Waals surface area contributed by atoms with Gasteiger partial charge in [0.15, 0.2) is 5.17 Å². The third kappa shape index (κ3) is 5.07. The summed E-state index contributed by atoms with van der Waals surface area (Å²) in [6.45, 7) is 1.46. The van der Waals surface area contributed by atoms with Crippen molar-refractivity contribution in [2.45, 2.75) is 13.0 Å². The molecule has 1 heterocycles. The number of amidine groups is 1. The fourth-order valence-electron chi connectivity index (χ4n) is 2.49. The summed E-state index contributed by atoms with van der Waals surface area (Å²) < 4.78 is 0. The number of carbonyl (C=O) groups excluding carboxylic acids is 2. The molecule has 5 nitrogen and oxygen atoms in total. The van der Waals surface area contributed by atoms with Gasteiger partial charge in [-0.15, -0.1) is 0 Å². The molecule has 0 spiro atoms. The summed E-state index contributed by atoms with van der Waals surface area (Å²) in [5, 5.41) is 6.17. The topological polar surface area (TPSA) is 70.6 Å². The second-order valence-corrected chi connectivity index (χ2v) is 6.81. The summed E-state index contributed by atoms with van der Waals surface area (Å²) in [5.41, 5.74) is 2.75. The van der Waals surface area contributed by atoms with Gasteiger partial charge >= 0.3 is 0 Å². The van der Waals surface area contributed by atoms with E-state index in [-0.39, 0.29) is 17.9 Å². The first-order valence-corrected chi connectivity index (χ1v) is 9.21. The van der Waals surface area contributed by atoms with Gasteiger partial charge in [0.1, 0.15) is 0 Å². The van der Waals surface area contributed by atoms with Crippen molar-refractivity contribution in [1.82, 2.24) is 5.32 Å². The lowest BCUT2D eigenvalue weighted by Gasteiger charge is -2.04. The molecule has 1 unspecified atom stereocenters. The molecule has 0 aliphatic carbocycles. The van der Waals surface area contributed by atoms with Crippen LogP contribution in [0.2, 0.25) is 0 Å². The van der Waals surface area contributed by atoms with Gasteiger partial charge in [0.05, 0.1) is 6.04 Å². The molecule has 132 valence electrons. The van der Waals surface area contributed by atoms with E-state index < -0.39 is 0 Å². The molecule has 1 aliphatic heterocycles. The minimum absolute atomic E-state index is 0.0850. The lowest BCUT2D eigenvalue weighted by molar-refractivity contribution is -0.115. The van der Waals surface area contributed by atoms with Crippen LogP contribution < -0.4 is 10.6 Å². The highest BCUT2D eigenvalue weighted by Crippen LogP contribution is 2.29. The molecule has 1 aliphatic rings. The SMILES string of the molecule is CC(=O)Nc1ccc(/C=C/C(=O)NC2=NC(c3ccccc3)CS2)cc1. The number of nitrogens with zero attached hydrogens (tertiary/aromatic N) is 1. The maximum absolute atomic E-state index is 12.1. The molecule has 26 heavy (non-hydrogen) atoms. The average molecular weight is 365 g/mol. The Morgan fingerprint density at radius 3 is 2.50 bits per heavy atom. The highest BCUT2D eigenvalue weighted by atomic mass is 32.2. The van der Waals surface area contributed by atoms with Gasteiger partial charge in [-0.05, 0) is 29.3 Å².